The SMILES string of the molecule is Brc1cc#cc(-c2nc(C3=CC=CCC=C3)nc(-c3ccccc3)n2)c1. The van der Waals surface area contributed by atoms with Crippen LogP contribution < -0.4 is 0 Å². The van der Waals surface area contributed by atoms with E-state index in [1.807, 2.05) is 60.7 Å². The van der Waals surface area contributed by atoms with Crippen molar-refractivity contribution in [3.63, 3.8) is 0 Å². The zero-order valence-corrected chi connectivity index (χ0v) is 15.4. The van der Waals surface area contributed by atoms with E-state index in [0.717, 1.165) is 27.6 Å². The van der Waals surface area contributed by atoms with Crippen molar-refractivity contribution in [2.75, 3.05) is 0 Å². The third-order valence-electron chi connectivity index (χ3n) is 3.85. The predicted octanol–water partition coefficient (Wildman–Crippen LogP) is 5.47. The molecule has 2 aromatic carbocycles. The van der Waals surface area contributed by atoms with Gasteiger partial charge in [-0.1, -0.05) is 88.8 Å². The van der Waals surface area contributed by atoms with Crippen LogP contribution >= 0.6 is 15.9 Å². The number of aromatic nitrogens is 3. The van der Waals surface area contributed by atoms with E-state index in [0.29, 0.717) is 17.5 Å². The Hall–Kier alpha value is -3.03. The molecule has 0 spiro atoms. The molecule has 0 atom stereocenters. The highest BCUT2D eigenvalue weighted by Crippen LogP contribution is 2.24. The number of benzene rings is 1. The van der Waals surface area contributed by atoms with E-state index in [2.05, 4.69) is 50.2 Å². The van der Waals surface area contributed by atoms with Crippen LogP contribution in [0.1, 0.15) is 12.2 Å². The molecule has 0 amide bonds. The maximum Gasteiger partial charge on any atom is 0.172 e. The quantitative estimate of drug-likeness (QED) is 0.586. The van der Waals surface area contributed by atoms with Crippen molar-refractivity contribution < 1.29 is 0 Å². The summed E-state index contributed by atoms with van der Waals surface area (Å²) >= 11 is 3.47. The molecule has 4 rings (SSSR count). The fourth-order valence-corrected chi connectivity index (χ4v) is 2.93. The molecule has 3 aromatic rings. The van der Waals surface area contributed by atoms with Crippen molar-refractivity contribution in [2.24, 2.45) is 0 Å². The fourth-order valence-electron chi connectivity index (χ4n) is 2.59. The number of hydrogen-bond acceptors (Lipinski definition) is 3. The van der Waals surface area contributed by atoms with Gasteiger partial charge in [0.1, 0.15) is 0 Å². The van der Waals surface area contributed by atoms with E-state index in [-0.39, 0.29) is 0 Å². The van der Waals surface area contributed by atoms with Gasteiger partial charge in [-0.3, -0.25) is 0 Å². The zero-order valence-electron chi connectivity index (χ0n) is 13.9. The summed E-state index contributed by atoms with van der Waals surface area (Å²) in [5, 5.41) is 0. The number of halogens is 1. The highest BCUT2D eigenvalue weighted by atomic mass is 79.9. The van der Waals surface area contributed by atoms with Crippen LogP contribution in [0.3, 0.4) is 0 Å². The molecule has 0 saturated carbocycles. The Labute approximate surface area is 161 Å². The number of rotatable bonds is 3. The molecular weight excluding hydrogens is 386 g/mol. The summed E-state index contributed by atoms with van der Waals surface area (Å²) in [6.07, 6.45) is 11.2. The van der Waals surface area contributed by atoms with Crippen molar-refractivity contribution in [3.8, 4) is 22.8 Å². The van der Waals surface area contributed by atoms with Gasteiger partial charge < -0.3 is 0 Å². The van der Waals surface area contributed by atoms with Gasteiger partial charge in [0.2, 0.25) is 0 Å². The summed E-state index contributed by atoms with van der Waals surface area (Å²) < 4.78 is 0.908. The van der Waals surface area contributed by atoms with Crippen LogP contribution in [0.5, 0.6) is 0 Å². The first-order valence-corrected chi connectivity index (χ1v) is 9.03. The van der Waals surface area contributed by atoms with Gasteiger partial charge >= 0.3 is 0 Å². The lowest BCUT2D eigenvalue weighted by Gasteiger charge is -2.07. The topological polar surface area (TPSA) is 38.7 Å². The van der Waals surface area contributed by atoms with Crippen LogP contribution in [-0.4, -0.2) is 15.0 Å². The summed E-state index contributed by atoms with van der Waals surface area (Å²) in [6, 6.07) is 19.7. The minimum Gasteiger partial charge on any atom is -0.208 e. The summed E-state index contributed by atoms with van der Waals surface area (Å²) in [4.78, 5) is 14.1. The van der Waals surface area contributed by atoms with E-state index < -0.39 is 0 Å². The van der Waals surface area contributed by atoms with Crippen LogP contribution in [0.2, 0.25) is 0 Å². The highest BCUT2D eigenvalue weighted by molar-refractivity contribution is 9.10. The molecule has 1 aromatic heterocycles. The van der Waals surface area contributed by atoms with Gasteiger partial charge in [-0.15, -0.1) is 0 Å². The zero-order chi connectivity index (χ0) is 17.8. The van der Waals surface area contributed by atoms with Crippen molar-refractivity contribution >= 4 is 21.5 Å². The molecule has 0 fully saturated rings. The van der Waals surface area contributed by atoms with E-state index in [4.69, 9.17) is 4.98 Å². The van der Waals surface area contributed by atoms with Gasteiger partial charge in [0, 0.05) is 21.7 Å². The summed E-state index contributed by atoms with van der Waals surface area (Å²) in [7, 11) is 0. The molecule has 0 N–H and O–H groups in total. The molecule has 1 aliphatic rings. The standard InChI is InChI=1S/C22H14BrN3/c23-19-14-8-13-18(15-19)22-25-20(16-9-4-1-2-5-10-16)24-21(26-22)17-11-6-3-7-12-17/h1,3-7,9-12,14-15H,2H2. The van der Waals surface area contributed by atoms with Crippen LogP contribution in [0, 0.1) is 12.1 Å². The molecule has 26 heavy (non-hydrogen) atoms. The second kappa shape index (κ2) is 7.47. The van der Waals surface area contributed by atoms with Crippen LogP contribution in [0.25, 0.3) is 28.3 Å². The van der Waals surface area contributed by atoms with Gasteiger partial charge in [0.05, 0.1) is 5.56 Å². The monoisotopic (exact) mass is 399 g/mol. The Balaban J connectivity index is 1.90. The van der Waals surface area contributed by atoms with Gasteiger partial charge in [-0.05, 0) is 12.5 Å². The van der Waals surface area contributed by atoms with Crippen LogP contribution in [0.15, 0.2) is 77.3 Å². The summed E-state index contributed by atoms with van der Waals surface area (Å²) in [5.74, 6) is 1.86. The first-order chi connectivity index (χ1) is 12.8. The molecule has 124 valence electrons. The van der Waals surface area contributed by atoms with Crippen molar-refractivity contribution in [2.45, 2.75) is 6.42 Å². The van der Waals surface area contributed by atoms with E-state index in [1.54, 1.807) is 0 Å². The molecule has 0 unspecified atom stereocenters. The Bertz CT molecular complexity index is 1020. The minimum absolute atomic E-state index is 0.578. The predicted molar refractivity (Wildman–Crippen MR) is 107 cm³/mol. The number of allylic oxidation sites excluding steroid dienone is 6. The molecule has 4 heteroatoms. The number of nitrogens with zero attached hydrogens (tertiary/aromatic N) is 3. The first kappa shape index (κ1) is 16.4. The molecule has 0 saturated heterocycles. The van der Waals surface area contributed by atoms with Gasteiger partial charge in [0.25, 0.3) is 0 Å². The fraction of sp³-hybridized carbons (Fsp3) is 0.0455. The maximum absolute atomic E-state index is 4.71. The van der Waals surface area contributed by atoms with Gasteiger partial charge in [-0.25, -0.2) is 15.0 Å². The molecule has 1 aliphatic carbocycles. The van der Waals surface area contributed by atoms with E-state index >= 15 is 0 Å². The molecule has 3 nitrogen and oxygen atoms in total. The first-order valence-electron chi connectivity index (χ1n) is 8.24. The third-order valence-corrected chi connectivity index (χ3v) is 4.30. The molecule has 0 aliphatic heterocycles. The van der Waals surface area contributed by atoms with E-state index in [9.17, 15) is 0 Å². The van der Waals surface area contributed by atoms with Crippen LogP contribution in [0.4, 0.5) is 0 Å². The lowest BCUT2D eigenvalue weighted by atomic mass is 10.1. The van der Waals surface area contributed by atoms with Crippen molar-refractivity contribution in [1.82, 2.24) is 15.0 Å². The molecule has 0 radical (unpaired) electrons. The summed E-state index contributed by atoms with van der Waals surface area (Å²) in [5.41, 5.74) is 2.68. The second-order valence-corrected chi connectivity index (χ2v) is 6.63. The smallest absolute Gasteiger partial charge is 0.172 e. The maximum atomic E-state index is 4.71. The Morgan fingerprint density at radius 2 is 1.73 bits per heavy atom. The average Bonchev–Trinajstić information content (AvgIpc) is 2.98. The van der Waals surface area contributed by atoms with Crippen LogP contribution in [-0.2, 0) is 0 Å². The van der Waals surface area contributed by atoms with Gasteiger partial charge in [0.15, 0.2) is 17.5 Å². The minimum atomic E-state index is 0.578. The Morgan fingerprint density at radius 1 is 0.923 bits per heavy atom. The largest absolute Gasteiger partial charge is 0.208 e. The molecule has 1 heterocycles. The lowest BCUT2D eigenvalue weighted by molar-refractivity contribution is 1.04. The summed E-state index contributed by atoms with van der Waals surface area (Å²) in [6.45, 7) is 0. The number of hydrogen-bond donors (Lipinski definition) is 0. The third kappa shape index (κ3) is 3.63. The normalized spacial score (nSPS) is 13.0. The Kier molecular flexibility index (Phi) is 4.72. The molecule has 0 bridgehead atoms. The van der Waals surface area contributed by atoms with Crippen molar-refractivity contribution in [1.29, 1.82) is 0 Å². The second-order valence-electron chi connectivity index (χ2n) is 5.72. The highest BCUT2D eigenvalue weighted by Gasteiger charge is 2.12. The van der Waals surface area contributed by atoms with Gasteiger partial charge in [-0.2, -0.15) is 0 Å². The molecular formula is C22H14BrN3. The Morgan fingerprint density at radius 3 is 2.58 bits per heavy atom. The van der Waals surface area contributed by atoms with E-state index in [1.165, 1.54) is 0 Å². The average molecular weight is 400 g/mol. The van der Waals surface area contributed by atoms with Crippen molar-refractivity contribution in [3.05, 3.63) is 95.3 Å². The lowest BCUT2D eigenvalue weighted by Crippen LogP contribution is -2.02.